The van der Waals surface area contributed by atoms with Crippen molar-refractivity contribution in [2.24, 2.45) is 0 Å². The molecule has 3 rings (SSSR count). The Balaban J connectivity index is 1.99. The third-order valence-corrected chi connectivity index (χ3v) is 5.22. The van der Waals surface area contributed by atoms with E-state index in [1.807, 2.05) is 12.1 Å². The van der Waals surface area contributed by atoms with Crippen molar-refractivity contribution < 1.29 is 9.59 Å². The molecule has 0 aliphatic rings. The standard InChI is InChI=1S/C20H12Cl2INO2/c21-12-9-10-18(24-20(26)14-6-2-4-8-17(14)23)15(11-12)19(25)13-5-1-3-7-16(13)22/h1-11H,(H,24,26). The smallest absolute Gasteiger partial charge is 0.256 e. The fraction of sp³-hybridized carbons (Fsp3) is 0. The van der Waals surface area contributed by atoms with Crippen molar-refractivity contribution in [1.29, 1.82) is 0 Å². The van der Waals surface area contributed by atoms with Crippen LogP contribution in [0.1, 0.15) is 26.3 Å². The minimum atomic E-state index is -0.309. The summed E-state index contributed by atoms with van der Waals surface area (Å²) in [5.74, 6) is -0.610. The number of carbonyl (C=O) groups excluding carboxylic acids is 2. The molecule has 0 unspecified atom stereocenters. The van der Waals surface area contributed by atoms with E-state index < -0.39 is 0 Å². The topological polar surface area (TPSA) is 46.2 Å². The van der Waals surface area contributed by atoms with Crippen molar-refractivity contribution in [2.75, 3.05) is 5.32 Å². The van der Waals surface area contributed by atoms with Crippen LogP contribution in [-0.2, 0) is 0 Å². The van der Waals surface area contributed by atoms with Crippen LogP contribution in [-0.4, -0.2) is 11.7 Å². The van der Waals surface area contributed by atoms with E-state index in [-0.39, 0.29) is 17.3 Å². The summed E-state index contributed by atoms with van der Waals surface area (Å²) in [6.45, 7) is 0. The zero-order valence-corrected chi connectivity index (χ0v) is 17.0. The highest BCUT2D eigenvalue weighted by atomic mass is 127. The highest BCUT2D eigenvalue weighted by molar-refractivity contribution is 14.1. The van der Waals surface area contributed by atoms with Gasteiger partial charge in [-0.25, -0.2) is 0 Å². The molecule has 0 heterocycles. The fourth-order valence-corrected chi connectivity index (χ4v) is 3.46. The maximum absolute atomic E-state index is 12.9. The Hall–Kier alpha value is -1.89. The molecule has 0 atom stereocenters. The number of halogens is 3. The molecule has 6 heteroatoms. The zero-order chi connectivity index (χ0) is 18.7. The summed E-state index contributed by atoms with van der Waals surface area (Å²) in [7, 11) is 0. The summed E-state index contributed by atoms with van der Waals surface area (Å²) in [5, 5.41) is 3.53. The highest BCUT2D eigenvalue weighted by Gasteiger charge is 2.19. The second-order valence-electron chi connectivity index (χ2n) is 5.43. The largest absolute Gasteiger partial charge is 0.321 e. The van der Waals surface area contributed by atoms with Gasteiger partial charge in [0.15, 0.2) is 5.78 Å². The molecular formula is C20H12Cl2INO2. The van der Waals surface area contributed by atoms with Gasteiger partial charge in [-0.05, 0) is 65.1 Å². The van der Waals surface area contributed by atoms with Crippen LogP contribution in [0.4, 0.5) is 5.69 Å². The molecule has 0 aliphatic heterocycles. The second kappa shape index (κ2) is 8.20. The molecule has 0 bridgehead atoms. The van der Waals surface area contributed by atoms with Gasteiger partial charge in [-0.3, -0.25) is 9.59 Å². The number of ketones is 1. The molecule has 3 aromatic rings. The Kier molecular flexibility index (Phi) is 5.96. The molecule has 0 spiro atoms. The molecule has 3 aromatic carbocycles. The number of rotatable bonds is 4. The fourth-order valence-electron chi connectivity index (χ4n) is 2.44. The number of benzene rings is 3. The van der Waals surface area contributed by atoms with Gasteiger partial charge in [0.25, 0.3) is 5.91 Å². The average Bonchev–Trinajstić information content (AvgIpc) is 2.63. The molecule has 26 heavy (non-hydrogen) atoms. The van der Waals surface area contributed by atoms with E-state index in [0.29, 0.717) is 26.9 Å². The molecule has 0 aromatic heterocycles. The zero-order valence-electron chi connectivity index (χ0n) is 13.3. The maximum atomic E-state index is 12.9. The third kappa shape index (κ3) is 4.09. The summed E-state index contributed by atoms with van der Waals surface area (Å²) >= 11 is 14.3. The molecule has 1 amide bonds. The highest BCUT2D eigenvalue weighted by Crippen LogP contribution is 2.27. The Morgan fingerprint density at radius 2 is 1.46 bits per heavy atom. The molecule has 1 N–H and O–H groups in total. The SMILES string of the molecule is O=C(Nc1ccc(Cl)cc1C(=O)c1ccccc1Cl)c1ccccc1I. The number of carbonyl (C=O) groups is 2. The normalized spacial score (nSPS) is 10.4. The first-order chi connectivity index (χ1) is 12.5. The summed E-state index contributed by atoms with van der Waals surface area (Å²) in [4.78, 5) is 25.5. The van der Waals surface area contributed by atoms with Crippen molar-refractivity contribution in [3.8, 4) is 0 Å². The van der Waals surface area contributed by atoms with Gasteiger partial charge in [-0.15, -0.1) is 0 Å². The van der Waals surface area contributed by atoms with Crippen molar-refractivity contribution in [3.05, 3.63) is 97.0 Å². The predicted octanol–water partition coefficient (Wildman–Crippen LogP) is 6.08. The summed E-state index contributed by atoms with van der Waals surface area (Å²) < 4.78 is 0.815. The molecular weight excluding hydrogens is 484 g/mol. The molecule has 130 valence electrons. The lowest BCUT2D eigenvalue weighted by Gasteiger charge is -2.12. The van der Waals surface area contributed by atoms with Crippen LogP contribution in [0, 0.1) is 3.57 Å². The first-order valence-electron chi connectivity index (χ1n) is 7.62. The van der Waals surface area contributed by atoms with E-state index in [2.05, 4.69) is 27.9 Å². The summed E-state index contributed by atoms with van der Waals surface area (Å²) in [5.41, 5.74) is 1.54. The molecule has 0 fully saturated rings. The van der Waals surface area contributed by atoms with Crippen LogP contribution >= 0.6 is 45.8 Å². The van der Waals surface area contributed by atoms with Crippen LogP contribution in [0.2, 0.25) is 10.0 Å². The van der Waals surface area contributed by atoms with Crippen molar-refractivity contribution in [2.45, 2.75) is 0 Å². The van der Waals surface area contributed by atoms with Gasteiger partial charge in [0.1, 0.15) is 0 Å². The Bertz CT molecular complexity index is 1000. The van der Waals surface area contributed by atoms with Crippen molar-refractivity contribution >= 4 is 63.2 Å². The third-order valence-electron chi connectivity index (χ3n) is 3.71. The molecule has 0 radical (unpaired) electrons. The molecule has 0 saturated heterocycles. The number of hydrogen-bond acceptors (Lipinski definition) is 2. The Labute approximate surface area is 174 Å². The van der Waals surface area contributed by atoms with Crippen molar-refractivity contribution in [1.82, 2.24) is 0 Å². The quantitative estimate of drug-likeness (QED) is 0.352. The van der Waals surface area contributed by atoms with Gasteiger partial charge < -0.3 is 5.32 Å². The van der Waals surface area contributed by atoms with Gasteiger partial charge in [0.2, 0.25) is 0 Å². The van der Waals surface area contributed by atoms with E-state index in [1.165, 1.54) is 6.07 Å². The summed E-state index contributed by atoms with van der Waals surface area (Å²) in [6.07, 6.45) is 0. The average molecular weight is 496 g/mol. The molecule has 0 aliphatic carbocycles. The van der Waals surface area contributed by atoms with Crippen LogP contribution in [0.15, 0.2) is 66.7 Å². The molecule has 0 saturated carbocycles. The van der Waals surface area contributed by atoms with Gasteiger partial charge in [0.05, 0.1) is 16.3 Å². The van der Waals surface area contributed by atoms with Crippen LogP contribution < -0.4 is 5.32 Å². The predicted molar refractivity (Wildman–Crippen MR) is 113 cm³/mol. The van der Waals surface area contributed by atoms with Gasteiger partial charge in [-0.1, -0.05) is 47.5 Å². The van der Waals surface area contributed by atoms with Crippen LogP contribution in [0.5, 0.6) is 0 Å². The lowest BCUT2D eigenvalue weighted by molar-refractivity contribution is 0.102. The van der Waals surface area contributed by atoms with Gasteiger partial charge >= 0.3 is 0 Å². The first-order valence-corrected chi connectivity index (χ1v) is 9.45. The lowest BCUT2D eigenvalue weighted by Crippen LogP contribution is -2.16. The maximum Gasteiger partial charge on any atom is 0.256 e. The number of hydrogen-bond donors (Lipinski definition) is 1. The van der Waals surface area contributed by atoms with E-state index >= 15 is 0 Å². The van der Waals surface area contributed by atoms with E-state index in [9.17, 15) is 9.59 Å². The Morgan fingerprint density at radius 1 is 0.808 bits per heavy atom. The van der Waals surface area contributed by atoms with Crippen LogP contribution in [0.3, 0.4) is 0 Å². The van der Waals surface area contributed by atoms with E-state index in [1.54, 1.807) is 48.5 Å². The monoisotopic (exact) mass is 495 g/mol. The molecule has 3 nitrogen and oxygen atoms in total. The van der Waals surface area contributed by atoms with E-state index in [0.717, 1.165) is 3.57 Å². The lowest BCUT2D eigenvalue weighted by atomic mass is 10.0. The second-order valence-corrected chi connectivity index (χ2v) is 7.44. The minimum Gasteiger partial charge on any atom is -0.321 e. The van der Waals surface area contributed by atoms with Gasteiger partial charge in [0, 0.05) is 19.7 Å². The van der Waals surface area contributed by atoms with Crippen LogP contribution in [0.25, 0.3) is 0 Å². The minimum absolute atomic E-state index is 0.282. The van der Waals surface area contributed by atoms with Crippen molar-refractivity contribution in [3.63, 3.8) is 0 Å². The number of amides is 1. The first kappa shape index (κ1) is 18.9. The summed E-state index contributed by atoms with van der Waals surface area (Å²) in [6, 6.07) is 18.7. The number of anilines is 1. The number of nitrogens with one attached hydrogen (secondary N) is 1. The van der Waals surface area contributed by atoms with E-state index in [4.69, 9.17) is 23.2 Å². The van der Waals surface area contributed by atoms with Gasteiger partial charge in [-0.2, -0.15) is 0 Å². The Morgan fingerprint density at radius 3 is 2.15 bits per heavy atom.